The zero-order valence-electron chi connectivity index (χ0n) is 9.94. The van der Waals surface area contributed by atoms with Crippen LogP contribution in [0.4, 0.5) is 0 Å². The van der Waals surface area contributed by atoms with Crippen LogP contribution in [0, 0.1) is 20.8 Å². The van der Waals surface area contributed by atoms with Crippen LogP contribution in [0.15, 0.2) is 5.16 Å². The Balaban J connectivity index is 2.78. The van der Waals surface area contributed by atoms with Gasteiger partial charge in [0.15, 0.2) is 5.16 Å². The quantitative estimate of drug-likeness (QED) is 0.646. The second-order valence-electron chi connectivity index (χ2n) is 3.83. The summed E-state index contributed by atoms with van der Waals surface area (Å²) in [4.78, 5) is 19.2. The van der Waals surface area contributed by atoms with Crippen molar-refractivity contribution in [2.24, 2.45) is 0 Å². The number of nitrogens with zero attached hydrogens (tertiary/aromatic N) is 2. The maximum absolute atomic E-state index is 10.5. The molecule has 0 saturated heterocycles. The van der Waals surface area contributed by atoms with Gasteiger partial charge in [0, 0.05) is 16.6 Å². The van der Waals surface area contributed by atoms with Gasteiger partial charge < -0.3 is 5.11 Å². The van der Waals surface area contributed by atoms with E-state index in [0.29, 0.717) is 5.16 Å². The van der Waals surface area contributed by atoms with Gasteiger partial charge in [0.25, 0.3) is 0 Å². The lowest BCUT2D eigenvalue weighted by atomic mass is 10.2. The van der Waals surface area contributed by atoms with E-state index in [1.54, 1.807) is 0 Å². The van der Waals surface area contributed by atoms with E-state index in [9.17, 15) is 4.79 Å². The molecule has 0 fully saturated rings. The van der Waals surface area contributed by atoms with E-state index in [2.05, 4.69) is 9.97 Å². The first kappa shape index (κ1) is 13.0. The summed E-state index contributed by atoms with van der Waals surface area (Å²) < 4.78 is 0. The normalized spacial score (nSPS) is 12.5. The van der Waals surface area contributed by atoms with Crippen LogP contribution in [0.1, 0.15) is 30.3 Å². The van der Waals surface area contributed by atoms with E-state index < -0.39 is 5.97 Å². The number of aromatic nitrogens is 2. The van der Waals surface area contributed by atoms with Crippen molar-refractivity contribution in [3.8, 4) is 0 Å². The number of carbonyl (C=O) groups is 1. The Hall–Kier alpha value is -1.10. The van der Waals surface area contributed by atoms with E-state index in [1.165, 1.54) is 11.8 Å². The standard InChI is InChI=1S/C11H16N2O2S/c1-6(5-10(14)15)16-11-12-8(3)7(2)9(4)13-11/h6H,5H2,1-4H3,(H,14,15). The summed E-state index contributed by atoms with van der Waals surface area (Å²) in [5.41, 5.74) is 3.00. The molecule has 88 valence electrons. The molecule has 0 bridgehead atoms. The smallest absolute Gasteiger partial charge is 0.304 e. The third-order valence-corrected chi connectivity index (χ3v) is 3.34. The van der Waals surface area contributed by atoms with Crippen LogP contribution in [0.2, 0.25) is 0 Å². The number of thioether (sulfide) groups is 1. The predicted octanol–water partition coefficient (Wildman–Crippen LogP) is 2.36. The van der Waals surface area contributed by atoms with Gasteiger partial charge in [0.1, 0.15) is 0 Å². The molecule has 1 aromatic rings. The Morgan fingerprint density at radius 2 is 1.81 bits per heavy atom. The highest BCUT2D eigenvalue weighted by Crippen LogP contribution is 2.23. The van der Waals surface area contributed by atoms with Gasteiger partial charge in [0.2, 0.25) is 0 Å². The van der Waals surface area contributed by atoms with Crippen LogP contribution < -0.4 is 0 Å². The van der Waals surface area contributed by atoms with E-state index in [-0.39, 0.29) is 11.7 Å². The Labute approximate surface area is 99.5 Å². The summed E-state index contributed by atoms with van der Waals surface area (Å²) >= 11 is 1.41. The highest BCUT2D eigenvalue weighted by Gasteiger charge is 2.12. The second kappa shape index (κ2) is 5.30. The van der Waals surface area contributed by atoms with Gasteiger partial charge in [0.05, 0.1) is 6.42 Å². The summed E-state index contributed by atoms with van der Waals surface area (Å²) in [6, 6.07) is 0. The molecule has 0 radical (unpaired) electrons. The minimum Gasteiger partial charge on any atom is -0.481 e. The highest BCUT2D eigenvalue weighted by molar-refractivity contribution is 7.99. The first-order valence-corrected chi connectivity index (χ1v) is 5.98. The summed E-state index contributed by atoms with van der Waals surface area (Å²) in [5.74, 6) is -0.791. The molecular weight excluding hydrogens is 224 g/mol. The average molecular weight is 240 g/mol. The fourth-order valence-electron chi connectivity index (χ4n) is 1.26. The average Bonchev–Trinajstić information content (AvgIpc) is 2.12. The fraction of sp³-hybridized carbons (Fsp3) is 0.545. The topological polar surface area (TPSA) is 63.1 Å². The number of aryl methyl sites for hydroxylation is 2. The number of carboxylic acid groups (broad SMARTS) is 1. The highest BCUT2D eigenvalue weighted by atomic mass is 32.2. The molecule has 1 unspecified atom stereocenters. The van der Waals surface area contributed by atoms with Crippen LogP contribution in [0.25, 0.3) is 0 Å². The first-order valence-electron chi connectivity index (χ1n) is 5.10. The monoisotopic (exact) mass is 240 g/mol. The molecule has 1 heterocycles. The molecule has 1 aromatic heterocycles. The fourth-order valence-corrected chi connectivity index (χ4v) is 2.23. The summed E-state index contributed by atoms with van der Waals surface area (Å²) in [6.07, 6.45) is 0.125. The van der Waals surface area contributed by atoms with Crippen molar-refractivity contribution in [1.29, 1.82) is 0 Å². The maximum Gasteiger partial charge on any atom is 0.304 e. The summed E-state index contributed by atoms with van der Waals surface area (Å²) in [5, 5.41) is 9.31. The molecule has 0 aliphatic carbocycles. The van der Waals surface area contributed by atoms with Gasteiger partial charge >= 0.3 is 5.97 Å². The Bertz CT molecular complexity index is 384. The van der Waals surface area contributed by atoms with Gasteiger partial charge in [-0.1, -0.05) is 18.7 Å². The summed E-state index contributed by atoms with van der Waals surface area (Å²) in [6.45, 7) is 7.73. The van der Waals surface area contributed by atoms with Crippen molar-refractivity contribution in [1.82, 2.24) is 9.97 Å². The first-order chi connectivity index (χ1) is 7.40. The van der Waals surface area contributed by atoms with Crippen molar-refractivity contribution in [3.05, 3.63) is 17.0 Å². The zero-order chi connectivity index (χ0) is 12.3. The largest absolute Gasteiger partial charge is 0.481 e. The maximum atomic E-state index is 10.5. The summed E-state index contributed by atoms with van der Waals surface area (Å²) in [7, 11) is 0. The van der Waals surface area contributed by atoms with Crippen LogP contribution in [0.5, 0.6) is 0 Å². The minimum atomic E-state index is -0.791. The Morgan fingerprint density at radius 3 is 2.25 bits per heavy atom. The van der Waals surface area contributed by atoms with Gasteiger partial charge in [-0.15, -0.1) is 0 Å². The van der Waals surface area contributed by atoms with E-state index in [4.69, 9.17) is 5.11 Å². The molecule has 4 nitrogen and oxygen atoms in total. The molecular formula is C11H16N2O2S. The van der Waals surface area contributed by atoms with Crippen molar-refractivity contribution in [2.45, 2.75) is 44.5 Å². The minimum absolute atomic E-state index is 0.0148. The third-order valence-electron chi connectivity index (χ3n) is 2.38. The Morgan fingerprint density at radius 1 is 1.31 bits per heavy atom. The van der Waals surface area contributed by atoms with E-state index in [1.807, 2.05) is 27.7 Å². The number of rotatable bonds is 4. The van der Waals surface area contributed by atoms with Crippen molar-refractivity contribution >= 4 is 17.7 Å². The van der Waals surface area contributed by atoms with Crippen LogP contribution >= 0.6 is 11.8 Å². The van der Waals surface area contributed by atoms with Crippen molar-refractivity contribution in [2.75, 3.05) is 0 Å². The molecule has 0 saturated carbocycles. The molecule has 1 N–H and O–H groups in total. The lowest BCUT2D eigenvalue weighted by molar-refractivity contribution is -0.136. The van der Waals surface area contributed by atoms with Crippen molar-refractivity contribution < 1.29 is 9.90 Å². The lowest BCUT2D eigenvalue weighted by Crippen LogP contribution is -2.07. The van der Waals surface area contributed by atoms with Crippen molar-refractivity contribution in [3.63, 3.8) is 0 Å². The second-order valence-corrected chi connectivity index (χ2v) is 5.23. The third kappa shape index (κ3) is 3.48. The molecule has 16 heavy (non-hydrogen) atoms. The Kier molecular flexibility index (Phi) is 4.29. The molecule has 0 aliphatic rings. The zero-order valence-corrected chi connectivity index (χ0v) is 10.8. The molecule has 0 aromatic carbocycles. The van der Waals surface area contributed by atoms with Gasteiger partial charge in [-0.2, -0.15) is 0 Å². The van der Waals surface area contributed by atoms with Crippen LogP contribution in [-0.4, -0.2) is 26.3 Å². The molecule has 1 atom stereocenters. The molecule has 0 amide bonds. The number of carboxylic acids is 1. The van der Waals surface area contributed by atoms with Gasteiger partial charge in [-0.25, -0.2) is 9.97 Å². The molecule has 1 rings (SSSR count). The number of aliphatic carboxylic acids is 1. The van der Waals surface area contributed by atoms with Crippen LogP contribution in [-0.2, 0) is 4.79 Å². The number of hydrogen-bond acceptors (Lipinski definition) is 4. The lowest BCUT2D eigenvalue weighted by Gasteiger charge is -2.10. The van der Waals surface area contributed by atoms with E-state index >= 15 is 0 Å². The molecule has 5 heteroatoms. The van der Waals surface area contributed by atoms with E-state index in [0.717, 1.165) is 17.0 Å². The van der Waals surface area contributed by atoms with Gasteiger partial charge in [-0.05, 0) is 26.3 Å². The molecule has 0 aliphatic heterocycles. The molecule has 0 spiro atoms. The number of hydrogen-bond donors (Lipinski definition) is 1. The SMILES string of the molecule is Cc1nc(SC(C)CC(=O)O)nc(C)c1C. The predicted molar refractivity (Wildman–Crippen MR) is 63.8 cm³/mol. The van der Waals surface area contributed by atoms with Gasteiger partial charge in [-0.3, -0.25) is 4.79 Å². The van der Waals surface area contributed by atoms with Crippen LogP contribution in [0.3, 0.4) is 0 Å².